The molecule has 0 spiro atoms. The van der Waals surface area contributed by atoms with Crippen LogP contribution in [0.4, 0.5) is 5.69 Å². The molecule has 32 heavy (non-hydrogen) atoms. The summed E-state index contributed by atoms with van der Waals surface area (Å²) in [5.41, 5.74) is 4.20. The molecule has 6 heteroatoms. The van der Waals surface area contributed by atoms with Gasteiger partial charge in [-0.1, -0.05) is 29.8 Å². The second-order valence-corrected chi connectivity index (χ2v) is 7.77. The van der Waals surface area contributed by atoms with Crippen molar-refractivity contribution in [1.82, 2.24) is 9.55 Å². The number of likely N-dealkylation sites (N-methyl/N-ethyl adjacent to an activating group) is 1. The van der Waals surface area contributed by atoms with Crippen LogP contribution in [0, 0.1) is 6.92 Å². The summed E-state index contributed by atoms with van der Waals surface area (Å²) in [7, 11) is 3.33. The Morgan fingerprint density at radius 2 is 1.78 bits per heavy atom. The van der Waals surface area contributed by atoms with Gasteiger partial charge in [0.15, 0.2) is 0 Å². The molecule has 4 aromatic rings. The second kappa shape index (κ2) is 7.50. The van der Waals surface area contributed by atoms with Crippen molar-refractivity contribution in [2.75, 3.05) is 19.1 Å². The number of hydrogen-bond donors (Lipinski definition) is 0. The summed E-state index contributed by atoms with van der Waals surface area (Å²) >= 11 is 0. The molecule has 2 heterocycles. The minimum atomic E-state index is -0.209. The van der Waals surface area contributed by atoms with E-state index in [1.807, 2.05) is 55.5 Å². The Kier molecular flexibility index (Phi) is 4.63. The number of para-hydroxylation sites is 1. The molecule has 1 aliphatic heterocycles. The minimum Gasteiger partial charge on any atom is -0.497 e. The Balaban J connectivity index is 1.82. The van der Waals surface area contributed by atoms with Crippen LogP contribution in [-0.2, 0) is 4.79 Å². The van der Waals surface area contributed by atoms with E-state index >= 15 is 0 Å². The number of rotatable bonds is 3. The predicted molar refractivity (Wildman–Crippen MR) is 126 cm³/mol. The van der Waals surface area contributed by atoms with Crippen molar-refractivity contribution in [3.63, 3.8) is 0 Å². The zero-order chi connectivity index (χ0) is 22.4. The number of anilines is 1. The maximum absolute atomic E-state index is 13.5. The molecule has 1 amide bonds. The van der Waals surface area contributed by atoms with E-state index in [1.165, 1.54) is 4.57 Å². The Bertz CT molecular complexity index is 1480. The topological polar surface area (TPSA) is 64.4 Å². The molecule has 0 atom stereocenters. The van der Waals surface area contributed by atoms with E-state index in [9.17, 15) is 9.59 Å². The van der Waals surface area contributed by atoms with Crippen LogP contribution in [0.1, 0.15) is 17.0 Å². The lowest BCUT2D eigenvalue weighted by atomic mass is 10.0. The smallest absolute Gasteiger partial charge is 0.266 e. The molecule has 0 fully saturated rings. The molecule has 0 unspecified atom stereocenters. The average Bonchev–Trinajstić information content (AvgIpc) is 3.03. The van der Waals surface area contributed by atoms with Gasteiger partial charge in [-0.15, -0.1) is 0 Å². The van der Waals surface area contributed by atoms with E-state index in [1.54, 1.807) is 43.3 Å². The minimum absolute atomic E-state index is 0.134. The first-order chi connectivity index (χ1) is 15.5. The first-order valence-electron chi connectivity index (χ1n) is 10.2. The standard InChI is InChI=1S/C26H21N3O3/c1-16-11-12-23-20(13-16)21(25(30)28(23)2)15-24-27-22-10-5-4-9-19(22)26(31)29(24)17-7-6-8-18(14-17)32-3/h4-15H,1-3H3/b21-15+. The average molecular weight is 423 g/mol. The van der Waals surface area contributed by atoms with Crippen LogP contribution in [0.15, 0.2) is 71.5 Å². The summed E-state index contributed by atoms with van der Waals surface area (Å²) in [5.74, 6) is 0.872. The molecule has 0 saturated carbocycles. The molecular formula is C26H21N3O3. The van der Waals surface area contributed by atoms with Gasteiger partial charge in [-0.25, -0.2) is 4.98 Å². The normalized spacial score (nSPS) is 14.3. The number of carbonyl (C=O) groups is 1. The number of benzene rings is 3. The van der Waals surface area contributed by atoms with E-state index in [0.29, 0.717) is 33.7 Å². The van der Waals surface area contributed by atoms with Crippen molar-refractivity contribution >= 4 is 34.1 Å². The first kappa shape index (κ1) is 19.8. The molecule has 0 radical (unpaired) electrons. The molecule has 0 bridgehead atoms. The molecule has 1 aliphatic rings. The number of nitrogens with zero attached hydrogens (tertiary/aromatic N) is 3. The number of carbonyl (C=O) groups excluding carboxylic acids is 1. The Morgan fingerprint density at radius 1 is 0.969 bits per heavy atom. The van der Waals surface area contributed by atoms with Crippen LogP contribution in [-0.4, -0.2) is 29.6 Å². The summed E-state index contributed by atoms with van der Waals surface area (Å²) in [6.07, 6.45) is 1.71. The highest BCUT2D eigenvalue weighted by atomic mass is 16.5. The lowest BCUT2D eigenvalue weighted by Crippen LogP contribution is -2.23. The van der Waals surface area contributed by atoms with Crippen molar-refractivity contribution < 1.29 is 9.53 Å². The molecule has 6 nitrogen and oxygen atoms in total. The molecule has 0 N–H and O–H groups in total. The Labute approximate surface area is 185 Å². The van der Waals surface area contributed by atoms with Crippen LogP contribution in [0.3, 0.4) is 0 Å². The summed E-state index contributed by atoms with van der Waals surface area (Å²) in [6.45, 7) is 1.99. The third-order valence-corrected chi connectivity index (χ3v) is 5.73. The zero-order valence-corrected chi connectivity index (χ0v) is 18.0. The predicted octanol–water partition coefficient (Wildman–Crippen LogP) is 4.22. The van der Waals surface area contributed by atoms with Crippen molar-refractivity contribution in [2.24, 2.45) is 0 Å². The van der Waals surface area contributed by atoms with Gasteiger partial charge in [0.05, 0.1) is 35.0 Å². The Morgan fingerprint density at radius 3 is 2.59 bits per heavy atom. The number of amides is 1. The van der Waals surface area contributed by atoms with E-state index in [0.717, 1.165) is 16.8 Å². The van der Waals surface area contributed by atoms with Gasteiger partial charge < -0.3 is 9.64 Å². The van der Waals surface area contributed by atoms with E-state index < -0.39 is 0 Å². The van der Waals surface area contributed by atoms with Crippen molar-refractivity contribution in [3.05, 3.63) is 94.0 Å². The van der Waals surface area contributed by atoms with Gasteiger partial charge in [0.2, 0.25) is 0 Å². The number of hydrogen-bond acceptors (Lipinski definition) is 4. The third kappa shape index (κ3) is 3.08. The van der Waals surface area contributed by atoms with Gasteiger partial charge >= 0.3 is 0 Å². The van der Waals surface area contributed by atoms with E-state index in [4.69, 9.17) is 9.72 Å². The van der Waals surface area contributed by atoms with Crippen LogP contribution in [0.2, 0.25) is 0 Å². The zero-order valence-electron chi connectivity index (χ0n) is 18.0. The third-order valence-electron chi connectivity index (χ3n) is 5.73. The molecule has 5 rings (SSSR count). The van der Waals surface area contributed by atoms with Gasteiger partial charge in [0.1, 0.15) is 11.6 Å². The fourth-order valence-electron chi connectivity index (χ4n) is 4.08. The summed E-state index contributed by atoms with van der Waals surface area (Å²) in [4.78, 5) is 33.0. The van der Waals surface area contributed by atoms with Gasteiger partial charge in [0.25, 0.3) is 11.5 Å². The number of aryl methyl sites for hydroxylation is 1. The second-order valence-electron chi connectivity index (χ2n) is 7.77. The van der Waals surface area contributed by atoms with Crippen LogP contribution >= 0.6 is 0 Å². The van der Waals surface area contributed by atoms with E-state index in [2.05, 4.69) is 0 Å². The maximum Gasteiger partial charge on any atom is 0.266 e. The number of fused-ring (bicyclic) bond motifs is 2. The SMILES string of the molecule is COc1cccc(-n2c(/C=C3/C(=O)N(C)c4ccc(C)cc43)nc3ccccc3c2=O)c1. The van der Waals surface area contributed by atoms with Gasteiger partial charge in [-0.3, -0.25) is 14.2 Å². The Hall–Kier alpha value is -4.19. The molecule has 1 aromatic heterocycles. The maximum atomic E-state index is 13.5. The first-order valence-corrected chi connectivity index (χ1v) is 10.2. The highest BCUT2D eigenvalue weighted by molar-refractivity contribution is 6.35. The molecule has 0 saturated heterocycles. The number of methoxy groups -OCH3 is 1. The number of ether oxygens (including phenoxy) is 1. The monoisotopic (exact) mass is 423 g/mol. The quantitative estimate of drug-likeness (QED) is 0.463. The fraction of sp³-hybridized carbons (Fsp3) is 0.115. The van der Waals surface area contributed by atoms with Gasteiger partial charge in [-0.2, -0.15) is 0 Å². The van der Waals surface area contributed by atoms with E-state index in [-0.39, 0.29) is 11.5 Å². The summed E-state index contributed by atoms with van der Waals surface area (Å²) in [6, 6.07) is 20.3. The van der Waals surface area contributed by atoms with Gasteiger partial charge in [0, 0.05) is 18.7 Å². The lowest BCUT2D eigenvalue weighted by Gasteiger charge is -2.13. The van der Waals surface area contributed by atoms with Crippen molar-refractivity contribution in [1.29, 1.82) is 0 Å². The summed E-state index contributed by atoms with van der Waals surface area (Å²) in [5, 5.41) is 0.503. The van der Waals surface area contributed by atoms with Crippen LogP contribution < -0.4 is 15.2 Å². The van der Waals surface area contributed by atoms with Crippen LogP contribution in [0.25, 0.3) is 28.2 Å². The molecule has 0 aliphatic carbocycles. The molecule has 3 aromatic carbocycles. The lowest BCUT2D eigenvalue weighted by molar-refractivity contribution is -0.112. The van der Waals surface area contributed by atoms with Crippen molar-refractivity contribution in [3.8, 4) is 11.4 Å². The summed E-state index contributed by atoms with van der Waals surface area (Å²) < 4.78 is 6.88. The van der Waals surface area contributed by atoms with Gasteiger partial charge in [-0.05, 0) is 49.4 Å². The fourth-order valence-corrected chi connectivity index (χ4v) is 4.08. The number of aromatic nitrogens is 2. The van der Waals surface area contributed by atoms with Crippen LogP contribution in [0.5, 0.6) is 5.75 Å². The molecule has 158 valence electrons. The highest BCUT2D eigenvalue weighted by Crippen LogP contribution is 2.37. The van der Waals surface area contributed by atoms with Crippen molar-refractivity contribution in [2.45, 2.75) is 6.92 Å². The highest BCUT2D eigenvalue weighted by Gasteiger charge is 2.30. The largest absolute Gasteiger partial charge is 0.497 e. The molecular weight excluding hydrogens is 402 g/mol.